The molecule has 0 amide bonds. The summed E-state index contributed by atoms with van der Waals surface area (Å²) in [5.41, 5.74) is 0.719. The predicted molar refractivity (Wildman–Crippen MR) is 51.9 cm³/mol. The summed E-state index contributed by atoms with van der Waals surface area (Å²) in [6, 6.07) is 4.70. The molecule has 0 saturated carbocycles. The third-order valence-corrected chi connectivity index (χ3v) is 2.00. The van der Waals surface area contributed by atoms with Gasteiger partial charge in [0.25, 0.3) is 0 Å². The summed E-state index contributed by atoms with van der Waals surface area (Å²) in [4.78, 5) is 0. The number of benzene rings is 1. The van der Waals surface area contributed by atoms with Crippen molar-refractivity contribution in [2.45, 2.75) is 6.54 Å². The van der Waals surface area contributed by atoms with Crippen molar-refractivity contribution in [2.75, 3.05) is 6.54 Å². The first-order valence-corrected chi connectivity index (χ1v) is 4.20. The maximum absolute atomic E-state index is 12.9. The fourth-order valence-corrected chi connectivity index (χ4v) is 1.15. The van der Waals surface area contributed by atoms with E-state index in [1.807, 2.05) is 0 Å². The summed E-state index contributed by atoms with van der Waals surface area (Å²) in [5, 5.41) is 3.09. The average molecular weight is 198 g/mol. The summed E-state index contributed by atoms with van der Waals surface area (Å²) in [5.74, 6) is 2.02. The van der Waals surface area contributed by atoms with Crippen LogP contribution in [0.3, 0.4) is 0 Å². The van der Waals surface area contributed by atoms with E-state index < -0.39 is 5.82 Å². The Morgan fingerprint density at radius 2 is 2.31 bits per heavy atom. The molecule has 0 bridgehead atoms. The van der Waals surface area contributed by atoms with Gasteiger partial charge in [0, 0.05) is 6.54 Å². The second-order valence-electron chi connectivity index (χ2n) is 2.52. The molecule has 0 aliphatic carbocycles. The van der Waals surface area contributed by atoms with Gasteiger partial charge in [-0.25, -0.2) is 4.39 Å². The van der Waals surface area contributed by atoms with Gasteiger partial charge in [-0.05, 0) is 11.6 Å². The van der Waals surface area contributed by atoms with Crippen LogP contribution in [0.1, 0.15) is 5.56 Å². The largest absolute Gasteiger partial charge is 0.302 e. The monoisotopic (exact) mass is 197 g/mol. The smallest absolute Gasteiger partial charge is 0.142 e. The van der Waals surface area contributed by atoms with Gasteiger partial charge in [0.1, 0.15) is 5.82 Å². The van der Waals surface area contributed by atoms with E-state index in [1.165, 1.54) is 6.07 Å². The highest BCUT2D eigenvalue weighted by atomic mass is 35.5. The predicted octanol–water partition coefficient (Wildman–Crippen LogP) is 2.20. The Balaban J connectivity index is 2.67. The SMILES string of the molecule is C#CCNCc1cccc(F)c1Cl. The van der Waals surface area contributed by atoms with Crippen molar-refractivity contribution in [1.82, 2.24) is 5.32 Å². The molecule has 0 radical (unpaired) electrons. The lowest BCUT2D eigenvalue weighted by molar-refractivity contribution is 0.623. The molecule has 0 heterocycles. The van der Waals surface area contributed by atoms with E-state index in [2.05, 4.69) is 11.2 Å². The molecule has 13 heavy (non-hydrogen) atoms. The number of rotatable bonds is 3. The summed E-state index contributed by atoms with van der Waals surface area (Å²) in [7, 11) is 0. The molecule has 0 aliphatic heterocycles. The lowest BCUT2D eigenvalue weighted by Crippen LogP contribution is -2.13. The quantitative estimate of drug-likeness (QED) is 0.579. The lowest BCUT2D eigenvalue weighted by atomic mass is 10.2. The molecule has 0 fully saturated rings. The molecule has 1 N–H and O–H groups in total. The van der Waals surface area contributed by atoms with Gasteiger partial charge in [-0.3, -0.25) is 0 Å². The first kappa shape index (κ1) is 10.0. The maximum atomic E-state index is 12.9. The summed E-state index contributed by atoms with van der Waals surface area (Å²) >= 11 is 5.71. The van der Waals surface area contributed by atoms with Gasteiger partial charge < -0.3 is 5.32 Å². The van der Waals surface area contributed by atoms with Crippen LogP contribution in [0, 0.1) is 18.2 Å². The standard InChI is InChI=1S/C10H9ClFN/c1-2-6-13-7-8-4-3-5-9(12)10(8)11/h1,3-5,13H,6-7H2. The van der Waals surface area contributed by atoms with Crippen molar-refractivity contribution in [3.63, 3.8) is 0 Å². The van der Waals surface area contributed by atoms with Crippen LogP contribution in [0.4, 0.5) is 4.39 Å². The van der Waals surface area contributed by atoms with Gasteiger partial charge in [0.2, 0.25) is 0 Å². The number of hydrogen-bond acceptors (Lipinski definition) is 1. The van der Waals surface area contributed by atoms with E-state index in [4.69, 9.17) is 18.0 Å². The Bertz CT molecular complexity index is 330. The molecule has 0 aromatic heterocycles. The minimum atomic E-state index is -0.401. The second kappa shape index (κ2) is 4.86. The molecule has 3 heteroatoms. The summed E-state index contributed by atoms with van der Waals surface area (Å²) in [6.07, 6.45) is 5.04. The normalized spacial score (nSPS) is 9.62. The molecule has 1 rings (SSSR count). The summed E-state index contributed by atoms with van der Waals surface area (Å²) < 4.78 is 12.9. The van der Waals surface area contributed by atoms with Crippen molar-refractivity contribution in [3.8, 4) is 12.3 Å². The van der Waals surface area contributed by atoms with Crippen molar-refractivity contribution in [1.29, 1.82) is 0 Å². The third kappa shape index (κ3) is 2.73. The Kier molecular flexibility index (Phi) is 3.75. The van der Waals surface area contributed by atoms with Crippen LogP contribution < -0.4 is 5.32 Å². The van der Waals surface area contributed by atoms with E-state index >= 15 is 0 Å². The van der Waals surface area contributed by atoms with Crippen molar-refractivity contribution < 1.29 is 4.39 Å². The van der Waals surface area contributed by atoms with Crippen LogP contribution >= 0.6 is 11.6 Å². The molecule has 0 atom stereocenters. The Morgan fingerprint density at radius 3 is 3.00 bits per heavy atom. The molecule has 68 valence electrons. The molecule has 0 saturated heterocycles. The van der Waals surface area contributed by atoms with E-state index in [9.17, 15) is 4.39 Å². The van der Waals surface area contributed by atoms with Crippen LogP contribution in [0.2, 0.25) is 5.02 Å². The highest BCUT2D eigenvalue weighted by Gasteiger charge is 2.03. The van der Waals surface area contributed by atoms with Crippen molar-refractivity contribution in [3.05, 3.63) is 34.6 Å². The van der Waals surface area contributed by atoms with E-state index in [1.54, 1.807) is 12.1 Å². The van der Waals surface area contributed by atoms with Gasteiger partial charge >= 0.3 is 0 Å². The Labute approximate surface area is 81.9 Å². The zero-order chi connectivity index (χ0) is 9.68. The van der Waals surface area contributed by atoms with Gasteiger partial charge in [-0.2, -0.15) is 0 Å². The van der Waals surface area contributed by atoms with Crippen LogP contribution in [-0.4, -0.2) is 6.54 Å². The van der Waals surface area contributed by atoms with Crippen molar-refractivity contribution in [2.24, 2.45) is 0 Å². The number of hydrogen-bond donors (Lipinski definition) is 1. The molecular formula is C10H9ClFN. The van der Waals surface area contributed by atoms with Gasteiger partial charge in [-0.15, -0.1) is 6.42 Å². The molecule has 0 aliphatic rings. The van der Waals surface area contributed by atoms with Crippen LogP contribution in [0.15, 0.2) is 18.2 Å². The minimum absolute atomic E-state index is 0.159. The van der Waals surface area contributed by atoms with Crippen molar-refractivity contribution >= 4 is 11.6 Å². The fourth-order valence-electron chi connectivity index (χ4n) is 0.954. The molecule has 0 unspecified atom stereocenters. The van der Waals surface area contributed by atoms with E-state index in [-0.39, 0.29) is 5.02 Å². The highest BCUT2D eigenvalue weighted by Crippen LogP contribution is 2.18. The van der Waals surface area contributed by atoms with Gasteiger partial charge in [0.05, 0.1) is 11.6 Å². The van der Waals surface area contributed by atoms with Gasteiger partial charge in [-0.1, -0.05) is 29.7 Å². The van der Waals surface area contributed by atoms with Crippen LogP contribution in [0.5, 0.6) is 0 Å². The molecule has 1 aromatic rings. The first-order valence-electron chi connectivity index (χ1n) is 3.82. The van der Waals surface area contributed by atoms with E-state index in [0.717, 1.165) is 5.56 Å². The summed E-state index contributed by atoms with van der Waals surface area (Å²) in [6.45, 7) is 0.938. The molecule has 1 aromatic carbocycles. The second-order valence-corrected chi connectivity index (χ2v) is 2.90. The number of halogens is 2. The van der Waals surface area contributed by atoms with Gasteiger partial charge in [0.15, 0.2) is 0 Å². The average Bonchev–Trinajstić information content (AvgIpc) is 2.13. The fraction of sp³-hybridized carbons (Fsp3) is 0.200. The Morgan fingerprint density at radius 1 is 1.54 bits per heavy atom. The molecule has 1 nitrogen and oxygen atoms in total. The zero-order valence-corrected chi connectivity index (χ0v) is 7.74. The highest BCUT2D eigenvalue weighted by molar-refractivity contribution is 6.31. The zero-order valence-electron chi connectivity index (χ0n) is 6.98. The number of terminal acetylenes is 1. The van der Waals surface area contributed by atoms with E-state index in [0.29, 0.717) is 13.1 Å². The molecule has 0 spiro atoms. The third-order valence-electron chi connectivity index (χ3n) is 1.57. The Hall–Kier alpha value is -1.04. The maximum Gasteiger partial charge on any atom is 0.142 e. The van der Waals surface area contributed by atoms with Crippen LogP contribution in [-0.2, 0) is 6.54 Å². The van der Waals surface area contributed by atoms with Crippen LogP contribution in [0.25, 0.3) is 0 Å². The number of nitrogens with one attached hydrogen (secondary N) is 1. The topological polar surface area (TPSA) is 12.0 Å². The first-order chi connectivity index (χ1) is 6.25. The minimum Gasteiger partial charge on any atom is -0.302 e. The lowest BCUT2D eigenvalue weighted by Gasteiger charge is -2.04. The molecular weight excluding hydrogens is 189 g/mol.